The van der Waals surface area contributed by atoms with Crippen molar-refractivity contribution in [2.75, 3.05) is 59.7 Å². The van der Waals surface area contributed by atoms with Crippen LogP contribution in [-0.4, -0.2) is 99.2 Å². The van der Waals surface area contributed by atoms with Crippen molar-refractivity contribution in [3.05, 3.63) is 12.2 Å². The van der Waals surface area contributed by atoms with E-state index in [0.29, 0.717) is 23.2 Å². The molecule has 14 heteroatoms. The molecule has 1 unspecified atom stereocenters. The minimum Gasteiger partial charge on any atom is -0.478 e. The summed E-state index contributed by atoms with van der Waals surface area (Å²) in [6.07, 6.45) is -0.164. The molecule has 2 atom stereocenters. The Kier molecular flexibility index (Phi) is 11.7. The Balaban J connectivity index is 3.11. The summed E-state index contributed by atoms with van der Waals surface area (Å²) in [7, 11) is 5.86. The summed E-state index contributed by atoms with van der Waals surface area (Å²) in [5.41, 5.74) is -1.18. The number of amides is 2. The lowest BCUT2D eigenvalue weighted by molar-refractivity contribution is -0.870. The van der Waals surface area contributed by atoms with Crippen LogP contribution in [0.2, 0.25) is 0 Å². The van der Waals surface area contributed by atoms with Gasteiger partial charge in [-0.25, -0.2) is 14.2 Å². The maximum absolute atomic E-state index is 13.4. The Bertz CT molecular complexity index is 827. The zero-order chi connectivity index (χ0) is 26.0. The normalized spacial score (nSPS) is 25.1. The van der Waals surface area contributed by atoms with E-state index in [2.05, 4.69) is 10.6 Å². The predicted molar refractivity (Wildman–Crippen MR) is 126 cm³/mol. The first-order chi connectivity index (χ1) is 15.6. The van der Waals surface area contributed by atoms with Gasteiger partial charge in [0.05, 0.1) is 27.7 Å². The van der Waals surface area contributed by atoms with Gasteiger partial charge < -0.3 is 29.5 Å². The van der Waals surface area contributed by atoms with Crippen LogP contribution in [0.5, 0.6) is 0 Å². The highest BCUT2D eigenvalue weighted by Gasteiger charge is 2.41. The van der Waals surface area contributed by atoms with Crippen LogP contribution >= 0.6 is 18.2 Å². The van der Waals surface area contributed by atoms with Gasteiger partial charge in [-0.05, 0) is 11.4 Å². The van der Waals surface area contributed by atoms with Crippen molar-refractivity contribution in [2.24, 2.45) is 5.41 Å². The number of carboxylic acids is 1. The molecule has 0 spiro atoms. The molecule has 2 amide bonds. The first-order valence-electron chi connectivity index (χ1n) is 10.6. The number of nitrogens with one attached hydrogen (secondary N) is 2. The lowest BCUT2D eigenvalue weighted by atomic mass is 9.86. The number of aliphatic carboxylic acids is 1. The molecule has 0 saturated carbocycles. The summed E-state index contributed by atoms with van der Waals surface area (Å²) in [6.45, 7) is 0.150. The largest absolute Gasteiger partial charge is 0.478 e. The van der Waals surface area contributed by atoms with Gasteiger partial charge in [-0.3, -0.25) is 14.1 Å². The molecule has 0 radical (unpaired) electrons. The number of carbonyl (C=O) groups excluding carboxylic acids is 3. The molecule has 34 heavy (non-hydrogen) atoms. The second kappa shape index (κ2) is 13.2. The molecular formula is C20H35N3O9PS+. The number of carbonyl (C=O) groups is 4. The number of nitrogens with zero attached hydrogens (tertiary/aromatic N) is 1. The van der Waals surface area contributed by atoms with E-state index < -0.39 is 36.2 Å². The number of esters is 1. The highest BCUT2D eigenvalue weighted by atomic mass is 32.7. The van der Waals surface area contributed by atoms with Gasteiger partial charge >= 0.3 is 18.7 Å². The van der Waals surface area contributed by atoms with E-state index in [1.807, 2.05) is 21.1 Å². The molecule has 0 aromatic carbocycles. The number of hydrogen-bond donors (Lipinski definition) is 3. The van der Waals surface area contributed by atoms with Crippen LogP contribution in [0.1, 0.15) is 20.3 Å². The summed E-state index contributed by atoms with van der Waals surface area (Å²) in [4.78, 5) is 47.6. The molecule has 1 aliphatic rings. The van der Waals surface area contributed by atoms with Gasteiger partial charge in [0.2, 0.25) is 5.91 Å². The van der Waals surface area contributed by atoms with E-state index >= 15 is 0 Å². The number of quaternary nitrogens is 1. The molecule has 0 aliphatic carbocycles. The Morgan fingerprint density at radius 3 is 2.53 bits per heavy atom. The lowest BCUT2D eigenvalue weighted by Crippen LogP contribution is -2.49. The molecule has 0 aromatic rings. The Morgan fingerprint density at radius 2 is 1.91 bits per heavy atom. The van der Waals surface area contributed by atoms with Gasteiger partial charge in [-0.15, -0.1) is 0 Å². The molecule has 1 heterocycles. The molecule has 1 saturated heterocycles. The zero-order valence-corrected chi connectivity index (χ0v) is 21.9. The summed E-state index contributed by atoms with van der Waals surface area (Å²) < 4.78 is 30.5. The Morgan fingerprint density at radius 1 is 1.24 bits per heavy atom. The van der Waals surface area contributed by atoms with Crippen molar-refractivity contribution in [3.8, 4) is 0 Å². The van der Waals surface area contributed by atoms with Gasteiger partial charge in [-0.1, -0.05) is 13.8 Å². The van der Waals surface area contributed by atoms with E-state index in [-0.39, 0.29) is 44.4 Å². The average Bonchev–Trinajstić information content (AvgIpc) is 2.70. The van der Waals surface area contributed by atoms with Crippen LogP contribution in [0.25, 0.3) is 0 Å². The van der Waals surface area contributed by atoms with Crippen LogP contribution < -0.4 is 10.6 Å². The number of carboxylic acid groups (broad SMARTS) is 1. The van der Waals surface area contributed by atoms with Crippen molar-refractivity contribution >= 4 is 41.9 Å². The van der Waals surface area contributed by atoms with Crippen molar-refractivity contribution in [1.29, 1.82) is 0 Å². The fourth-order valence-electron chi connectivity index (χ4n) is 2.55. The summed E-state index contributed by atoms with van der Waals surface area (Å²) in [5.74, 6) is -3.16. The molecule has 3 N–H and O–H groups in total. The molecule has 1 aliphatic heterocycles. The van der Waals surface area contributed by atoms with Crippen LogP contribution in [-0.2, 0) is 37.5 Å². The van der Waals surface area contributed by atoms with Gasteiger partial charge in [0.1, 0.15) is 13.2 Å². The van der Waals surface area contributed by atoms with E-state index in [1.54, 1.807) is 13.8 Å². The number of likely N-dealkylation sites (N-methyl/N-ethyl adjacent to an activating group) is 1. The Hall–Kier alpha value is -1.92. The molecule has 1 fully saturated rings. The molecule has 1 rings (SSSR count). The molecular weight excluding hydrogens is 489 g/mol. The number of hydrogen-bond acceptors (Lipinski definition) is 9. The summed E-state index contributed by atoms with van der Waals surface area (Å²) in [5, 5.41) is 13.9. The minimum absolute atomic E-state index is 0.000416. The third kappa shape index (κ3) is 12.0. The van der Waals surface area contributed by atoms with E-state index in [1.165, 1.54) is 0 Å². The van der Waals surface area contributed by atoms with Crippen LogP contribution in [0.15, 0.2) is 12.2 Å². The first kappa shape index (κ1) is 30.1. The fourth-order valence-corrected chi connectivity index (χ4v) is 5.76. The Labute approximate surface area is 203 Å². The van der Waals surface area contributed by atoms with Crippen molar-refractivity contribution in [3.63, 3.8) is 0 Å². The van der Waals surface area contributed by atoms with Gasteiger partial charge in [0, 0.05) is 42.8 Å². The quantitative estimate of drug-likeness (QED) is 0.188. The predicted octanol–water partition coefficient (Wildman–Crippen LogP) is 0.782. The third-order valence-electron chi connectivity index (χ3n) is 4.48. The molecule has 12 nitrogen and oxygen atoms in total. The topological polar surface area (TPSA) is 157 Å². The van der Waals surface area contributed by atoms with Crippen molar-refractivity contribution < 1.29 is 47.1 Å². The highest BCUT2D eigenvalue weighted by molar-refractivity contribution is 8.55. The fraction of sp³-hybridized carbons (Fsp3) is 0.700. The van der Waals surface area contributed by atoms with Gasteiger partial charge in [0.25, 0.3) is 5.91 Å². The van der Waals surface area contributed by atoms with E-state index in [0.717, 1.165) is 11.4 Å². The average molecular weight is 525 g/mol. The minimum atomic E-state index is -3.69. The third-order valence-corrected chi connectivity index (χ3v) is 8.25. The molecule has 194 valence electrons. The second-order valence-electron chi connectivity index (χ2n) is 9.27. The van der Waals surface area contributed by atoms with Gasteiger partial charge in [0.15, 0.2) is 6.10 Å². The second-order valence-corrected chi connectivity index (χ2v) is 13.5. The maximum Gasteiger partial charge on any atom is 0.389 e. The zero-order valence-electron chi connectivity index (χ0n) is 20.2. The van der Waals surface area contributed by atoms with Crippen LogP contribution in [0.4, 0.5) is 0 Å². The first-order valence-corrected chi connectivity index (χ1v) is 13.8. The summed E-state index contributed by atoms with van der Waals surface area (Å²) >= 11 is 0.936. The standard InChI is InChI=1S/C20H34N3O9PS/c1-20(2)14-31-33(29,30-12-11-23(3,4)5)34-13-10-21-15(24)8-9-22-19(28)18(20)32-17(27)7-6-16(25)26/h6-7,18H,8-14H2,1-5H3,(H2-,21,22,24,25,26,28)/p+1/b7-6+/t18-,33?/m0/s1. The number of ether oxygens (including phenoxy) is 1. The summed E-state index contributed by atoms with van der Waals surface area (Å²) in [6, 6.07) is 0. The number of rotatable bonds is 7. The SMILES string of the molecule is CC1(C)COP(=O)(OCC[N+](C)(C)C)SCCNC(=O)CCNC(=O)[C@@H]1OC(=O)/C=C/C(=O)O. The van der Waals surface area contributed by atoms with E-state index in [4.69, 9.17) is 18.9 Å². The molecule has 0 aromatic heterocycles. The van der Waals surface area contributed by atoms with Gasteiger partial charge in [-0.2, -0.15) is 0 Å². The van der Waals surface area contributed by atoms with Crippen LogP contribution in [0.3, 0.4) is 0 Å². The molecule has 0 bridgehead atoms. The maximum atomic E-state index is 13.4. The smallest absolute Gasteiger partial charge is 0.389 e. The van der Waals surface area contributed by atoms with E-state index in [9.17, 15) is 23.7 Å². The lowest BCUT2D eigenvalue weighted by Gasteiger charge is -2.33. The highest BCUT2D eigenvalue weighted by Crippen LogP contribution is 2.61. The van der Waals surface area contributed by atoms with Crippen molar-refractivity contribution in [1.82, 2.24) is 10.6 Å². The van der Waals surface area contributed by atoms with Crippen molar-refractivity contribution in [2.45, 2.75) is 26.4 Å². The van der Waals surface area contributed by atoms with Crippen LogP contribution in [0, 0.1) is 5.41 Å². The monoisotopic (exact) mass is 524 g/mol.